The van der Waals surface area contributed by atoms with Crippen LogP contribution in [0.5, 0.6) is 0 Å². The highest BCUT2D eigenvalue weighted by atomic mass is 16.1. The Kier molecular flexibility index (Phi) is 4.87. The predicted molar refractivity (Wildman–Crippen MR) is 97.7 cm³/mol. The smallest absolute Gasteiger partial charge is 0.274 e. The van der Waals surface area contributed by atoms with Crippen LogP contribution in [0.4, 0.5) is 17.1 Å². The van der Waals surface area contributed by atoms with E-state index in [-0.39, 0.29) is 5.91 Å². The zero-order valence-electron chi connectivity index (χ0n) is 13.5. The Hall–Kier alpha value is -3.14. The lowest BCUT2D eigenvalue weighted by molar-refractivity contribution is 0.102. The topological polar surface area (TPSA) is 54.0 Å². The van der Waals surface area contributed by atoms with E-state index in [4.69, 9.17) is 0 Å². The monoisotopic (exact) mass is 317 g/mol. The van der Waals surface area contributed by atoms with Gasteiger partial charge in [0.05, 0.1) is 0 Å². The molecule has 0 fully saturated rings. The van der Waals surface area contributed by atoms with Crippen molar-refractivity contribution in [2.24, 2.45) is 0 Å². The van der Waals surface area contributed by atoms with Crippen LogP contribution < -0.4 is 10.6 Å². The summed E-state index contributed by atoms with van der Waals surface area (Å²) in [6, 6.07) is 21.1. The molecule has 0 saturated carbocycles. The van der Waals surface area contributed by atoms with E-state index in [1.807, 2.05) is 54.6 Å². The molecular weight excluding hydrogens is 298 g/mol. The van der Waals surface area contributed by atoms with Crippen molar-refractivity contribution in [1.82, 2.24) is 4.98 Å². The molecule has 0 saturated heterocycles. The zero-order valence-corrected chi connectivity index (χ0v) is 13.5. The molecular formula is C20H19N3O. The van der Waals surface area contributed by atoms with Crippen molar-refractivity contribution >= 4 is 23.0 Å². The Bertz CT molecular complexity index is 831. The lowest BCUT2D eigenvalue weighted by Crippen LogP contribution is -2.13. The summed E-state index contributed by atoms with van der Waals surface area (Å²) in [5.41, 5.74) is 4.23. The van der Waals surface area contributed by atoms with E-state index in [0.29, 0.717) is 5.69 Å². The maximum atomic E-state index is 12.3. The van der Waals surface area contributed by atoms with E-state index in [1.165, 1.54) is 5.56 Å². The molecule has 0 aliphatic rings. The number of aryl methyl sites for hydroxylation is 1. The van der Waals surface area contributed by atoms with Gasteiger partial charge in [0, 0.05) is 23.3 Å². The van der Waals surface area contributed by atoms with Gasteiger partial charge in [-0.2, -0.15) is 0 Å². The Morgan fingerprint density at radius 3 is 2.50 bits per heavy atom. The van der Waals surface area contributed by atoms with Crippen LogP contribution >= 0.6 is 0 Å². The number of rotatable bonds is 5. The summed E-state index contributed by atoms with van der Waals surface area (Å²) in [4.78, 5) is 16.5. The molecule has 120 valence electrons. The minimum Gasteiger partial charge on any atom is -0.355 e. The second kappa shape index (κ2) is 7.42. The van der Waals surface area contributed by atoms with Crippen molar-refractivity contribution in [3.63, 3.8) is 0 Å². The third kappa shape index (κ3) is 3.79. The lowest BCUT2D eigenvalue weighted by atomic mass is 10.1. The molecule has 3 aromatic rings. The number of pyridine rings is 1. The van der Waals surface area contributed by atoms with E-state index < -0.39 is 0 Å². The summed E-state index contributed by atoms with van der Waals surface area (Å²) in [6.07, 6.45) is 2.58. The van der Waals surface area contributed by atoms with Crippen molar-refractivity contribution in [2.45, 2.75) is 13.3 Å². The first kappa shape index (κ1) is 15.7. The molecule has 0 atom stereocenters. The molecule has 0 unspecified atom stereocenters. The SMILES string of the molecule is CCc1ccccc1Nc1ccnc(C(=O)Nc2ccccc2)c1. The van der Waals surface area contributed by atoms with Crippen molar-refractivity contribution in [3.8, 4) is 0 Å². The summed E-state index contributed by atoms with van der Waals surface area (Å²) < 4.78 is 0. The summed E-state index contributed by atoms with van der Waals surface area (Å²) in [6.45, 7) is 2.12. The molecule has 3 rings (SSSR count). The van der Waals surface area contributed by atoms with Crippen molar-refractivity contribution in [2.75, 3.05) is 10.6 Å². The van der Waals surface area contributed by atoms with E-state index >= 15 is 0 Å². The number of hydrogen-bond acceptors (Lipinski definition) is 3. The van der Waals surface area contributed by atoms with Gasteiger partial charge in [0.25, 0.3) is 5.91 Å². The van der Waals surface area contributed by atoms with Gasteiger partial charge in [0.15, 0.2) is 0 Å². The number of hydrogen-bond donors (Lipinski definition) is 2. The highest BCUT2D eigenvalue weighted by molar-refractivity contribution is 6.03. The number of nitrogens with one attached hydrogen (secondary N) is 2. The van der Waals surface area contributed by atoms with Crippen LogP contribution in [0.1, 0.15) is 23.0 Å². The van der Waals surface area contributed by atoms with Crippen LogP contribution in [0.15, 0.2) is 72.9 Å². The fourth-order valence-electron chi connectivity index (χ4n) is 2.46. The van der Waals surface area contributed by atoms with Crippen LogP contribution in [-0.4, -0.2) is 10.9 Å². The van der Waals surface area contributed by atoms with E-state index in [0.717, 1.165) is 23.5 Å². The number of benzene rings is 2. The minimum atomic E-state index is -0.228. The van der Waals surface area contributed by atoms with Crippen LogP contribution in [0.2, 0.25) is 0 Å². The molecule has 1 aromatic heterocycles. The largest absolute Gasteiger partial charge is 0.355 e. The number of para-hydroxylation sites is 2. The van der Waals surface area contributed by atoms with Crippen molar-refractivity contribution < 1.29 is 4.79 Å². The van der Waals surface area contributed by atoms with Crippen LogP contribution in [0.3, 0.4) is 0 Å². The second-order valence-electron chi connectivity index (χ2n) is 5.39. The molecule has 1 amide bonds. The maximum Gasteiger partial charge on any atom is 0.274 e. The molecule has 0 spiro atoms. The first-order chi connectivity index (χ1) is 11.8. The second-order valence-corrected chi connectivity index (χ2v) is 5.39. The fraction of sp³-hybridized carbons (Fsp3) is 0.100. The van der Waals surface area contributed by atoms with Gasteiger partial charge in [0.1, 0.15) is 5.69 Å². The molecule has 2 aromatic carbocycles. The Balaban J connectivity index is 1.78. The predicted octanol–water partition coefficient (Wildman–Crippen LogP) is 4.64. The lowest BCUT2D eigenvalue weighted by Gasteiger charge is -2.11. The molecule has 0 aliphatic carbocycles. The fourth-order valence-corrected chi connectivity index (χ4v) is 2.46. The van der Waals surface area contributed by atoms with Gasteiger partial charge < -0.3 is 10.6 Å². The molecule has 0 bridgehead atoms. The average molecular weight is 317 g/mol. The molecule has 0 radical (unpaired) electrons. The van der Waals surface area contributed by atoms with Crippen LogP contribution in [0.25, 0.3) is 0 Å². The Labute approximate surface area is 141 Å². The Morgan fingerprint density at radius 2 is 1.71 bits per heavy atom. The van der Waals surface area contributed by atoms with Gasteiger partial charge in [-0.15, -0.1) is 0 Å². The summed E-state index contributed by atoms with van der Waals surface area (Å²) in [5.74, 6) is -0.228. The standard InChI is InChI=1S/C20H19N3O/c1-2-15-8-6-7-11-18(15)22-17-12-13-21-19(14-17)20(24)23-16-9-4-3-5-10-16/h3-14H,2H2,1H3,(H,21,22)(H,23,24). The van der Waals surface area contributed by atoms with Gasteiger partial charge in [0.2, 0.25) is 0 Å². The van der Waals surface area contributed by atoms with Crippen LogP contribution in [0, 0.1) is 0 Å². The molecule has 24 heavy (non-hydrogen) atoms. The molecule has 0 aliphatic heterocycles. The van der Waals surface area contributed by atoms with Gasteiger partial charge in [-0.3, -0.25) is 9.78 Å². The number of amides is 1. The van der Waals surface area contributed by atoms with Gasteiger partial charge in [-0.25, -0.2) is 0 Å². The van der Waals surface area contributed by atoms with Gasteiger partial charge in [-0.05, 0) is 42.3 Å². The number of carbonyl (C=O) groups is 1. The highest BCUT2D eigenvalue weighted by Gasteiger charge is 2.09. The van der Waals surface area contributed by atoms with Gasteiger partial charge >= 0.3 is 0 Å². The third-order valence-electron chi connectivity index (χ3n) is 3.70. The number of carbonyl (C=O) groups excluding carboxylic acids is 1. The quantitative estimate of drug-likeness (QED) is 0.721. The highest BCUT2D eigenvalue weighted by Crippen LogP contribution is 2.21. The molecule has 4 nitrogen and oxygen atoms in total. The first-order valence-corrected chi connectivity index (χ1v) is 7.93. The minimum absolute atomic E-state index is 0.228. The summed E-state index contributed by atoms with van der Waals surface area (Å²) in [5, 5.41) is 6.21. The van der Waals surface area contributed by atoms with Gasteiger partial charge in [-0.1, -0.05) is 43.3 Å². The van der Waals surface area contributed by atoms with E-state index in [2.05, 4.69) is 28.6 Å². The van der Waals surface area contributed by atoms with Crippen molar-refractivity contribution in [3.05, 3.63) is 84.2 Å². The molecule has 2 N–H and O–H groups in total. The molecule has 4 heteroatoms. The Morgan fingerprint density at radius 1 is 0.958 bits per heavy atom. The summed E-state index contributed by atoms with van der Waals surface area (Å²) >= 11 is 0. The number of aromatic nitrogens is 1. The molecule has 1 heterocycles. The van der Waals surface area contributed by atoms with Crippen LogP contribution in [-0.2, 0) is 6.42 Å². The van der Waals surface area contributed by atoms with Crippen molar-refractivity contribution in [1.29, 1.82) is 0 Å². The average Bonchev–Trinajstić information content (AvgIpc) is 2.63. The van der Waals surface area contributed by atoms with E-state index in [9.17, 15) is 4.79 Å². The normalized spacial score (nSPS) is 10.2. The first-order valence-electron chi connectivity index (χ1n) is 7.93. The zero-order chi connectivity index (χ0) is 16.8. The maximum absolute atomic E-state index is 12.3. The number of nitrogens with zero attached hydrogens (tertiary/aromatic N) is 1. The third-order valence-corrected chi connectivity index (χ3v) is 3.70. The van der Waals surface area contributed by atoms with E-state index in [1.54, 1.807) is 12.3 Å². The summed E-state index contributed by atoms with van der Waals surface area (Å²) in [7, 11) is 0. The number of anilines is 3.